The third kappa shape index (κ3) is 7.18. The fourth-order valence-electron chi connectivity index (χ4n) is 5.82. The summed E-state index contributed by atoms with van der Waals surface area (Å²) in [6.45, 7) is 5.96. The van der Waals surface area contributed by atoms with Crippen molar-refractivity contribution in [1.29, 1.82) is 0 Å². The van der Waals surface area contributed by atoms with Gasteiger partial charge in [-0.25, -0.2) is 0 Å². The van der Waals surface area contributed by atoms with E-state index < -0.39 is 0 Å². The molecule has 0 radical (unpaired) electrons. The van der Waals surface area contributed by atoms with E-state index in [4.69, 9.17) is 9.47 Å². The Kier molecular flexibility index (Phi) is 10.1. The largest absolute Gasteiger partial charge is 0.373 e. The molecule has 1 saturated carbocycles. The third-order valence-electron chi connectivity index (χ3n) is 8.16. The van der Waals surface area contributed by atoms with Gasteiger partial charge >= 0.3 is 0 Å². The fraction of sp³-hybridized carbons (Fsp3) is 0.625. The molecule has 0 N–H and O–H groups in total. The van der Waals surface area contributed by atoms with Crippen LogP contribution in [-0.4, -0.2) is 19.3 Å². The molecule has 2 aliphatic rings. The van der Waals surface area contributed by atoms with Gasteiger partial charge in [0.05, 0.1) is 19.3 Å². The molecule has 2 heteroatoms. The van der Waals surface area contributed by atoms with E-state index in [-0.39, 0.29) is 12.2 Å². The summed E-state index contributed by atoms with van der Waals surface area (Å²) in [6, 6.07) is 18.3. The normalized spacial score (nSPS) is 25.4. The summed E-state index contributed by atoms with van der Waals surface area (Å²) in [5.41, 5.74) is 5.35. The Morgan fingerprint density at radius 2 is 1.26 bits per heavy atom. The third-order valence-corrected chi connectivity index (χ3v) is 8.16. The van der Waals surface area contributed by atoms with Crippen LogP contribution in [0.5, 0.6) is 0 Å². The highest BCUT2D eigenvalue weighted by Gasteiger charge is 2.24. The summed E-state index contributed by atoms with van der Waals surface area (Å²) in [4.78, 5) is 0. The van der Waals surface area contributed by atoms with Crippen LogP contribution in [0.1, 0.15) is 114 Å². The van der Waals surface area contributed by atoms with Crippen LogP contribution in [0.15, 0.2) is 48.5 Å². The van der Waals surface area contributed by atoms with E-state index in [2.05, 4.69) is 62.4 Å². The van der Waals surface area contributed by atoms with Gasteiger partial charge < -0.3 is 9.47 Å². The van der Waals surface area contributed by atoms with Crippen molar-refractivity contribution in [2.24, 2.45) is 5.92 Å². The zero-order valence-electron chi connectivity index (χ0n) is 21.6. The molecular formula is C32H46O2. The first-order chi connectivity index (χ1) is 16.8. The van der Waals surface area contributed by atoms with Crippen molar-refractivity contribution in [3.05, 3.63) is 59.7 Å². The first-order valence-corrected chi connectivity index (χ1v) is 14.2. The Balaban J connectivity index is 1.25. The van der Waals surface area contributed by atoms with Crippen LogP contribution in [0.3, 0.4) is 0 Å². The van der Waals surface area contributed by atoms with Gasteiger partial charge in [0, 0.05) is 0 Å². The Labute approximate surface area is 208 Å². The second-order valence-electron chi connectivity index (χ2n) is 10.7. The number of hydrogen-bond acceptors (Lipinski definition) is 2. The molecular weight excluding hydrogens is 416 g/mol. The molecule has 4 rings (SSSR count). The molecule has 2 aromatic rings. The summed E-state index contributed by atoms with van der Waals surface area (Å²) in [6.07, 6.45) is 16.4. The van der Waals surface area contributed by atoms with Crippen molar-refractivity contribution >= 4 is 0 Å². The maximum absolute atomic E-state index is 6.17. The molecule has 2 aromatic carbocycles. The van der Waals surface area contributed by atoms with Crippen LogP contribution in [-0.2, 0) is 9.47 Å². The number of hydrogen-bond donors (Lipinski definition) is 0. The smallest absolute Gasteiger partial charge is 0.106 e. The lowest BCUT2D eigenvalue weighted by atomic mass is 9.77. The molecule has 0 unspecified atom stereocenters. The molecule has 0 amide bonds. The standard InChI is InChI=1S/C32H46O2/c1-3-5-7-8-10-31-23-34-32(24-33-31)30-21-19-29(20-22-30)28-17-15-27(16-18-28)26-13-11-25(12-14-26)9-6-4-2/h15-22,25-26,31-32H,3-14,23-24H2,1-2H3/t25-,26-,31-,32-/m0/s1. The van der Waals surface area contributed by atoms with Crippen molar-refractivity contribution in [1.82, 2.24) is 0 Å². The van der Waals surface area contributed by atoms with Crippen molar-refractivity contribution in [3.8, 4) is 11.1 Å². The average Bonchev–Trinajstić information content (AvgIpc) is 2.91. The fourth-order valence-corrected chi connectivity index (χ4v) is 5.82. The molecule has 1 saturated heterocycles. The molecule has 186 valence electrons. The summed E-state index contributed by atoms with van der Waals surface area (Å²) < 4.78 is 12.3. The van der Waals surface area contributed by atoms with E-state index in [0.717, 1.165) is 24.9 Å². The SMILES string of the molecule is CCCCCC[C@H]1CO[C@H](c2ccc(-c3ccc([C@H]4CC[C@H](CCCC)CC4)cc3)cc2)CO1. The van der Waals surface area contributed by atoms with Crippen LogP contribution in [0, 0.1) is 5.92 Å². The minimum absolute atomic E-state index is 0.0655. The highest BCUT2D eigenvalue weighted by molar-refractivity contribution is 5.64. The van der Waals surface area contributed by atoms with E-state index in [1.165, 1.54) is 92.9 Å². The lowest BCUT2D eigenvalue weighted by Crippen LogP contribution is -2.31. The van der Waals surface area contributed by atoms with Crippen LogP contribution in [0.25, 0.3) is 11.1 Å². The first-order valence-electron chi connectivity index (χ1n) is 14.2. The van der Waals surface area contributed by atoms with Gasteiger partial charge in [-0.1, -0.05) is 107 Å². The molecule has 2 fully saturated rings. The molecule has 2 nitrogen and oxygen atoms in total. The topological polar surface area (TPSA) is 18.5 Å². The van der Waals surface area contributed by atoms with Crippen molar-refractivity contribution in [2.75, 3.05) is 13.2 Å². The molecule has 34 heavy (non-hydrogen) atoms. The Morgan fingerprint density at radius 1 is 0.618 bits per heavy atom. The lowest BCUT2D eigenvalue weighted by molar-refractivity contribution is -0.137. The van der Waals surface area contributed by atoms with Crippen LogP contribution < -0.4 is 0 Å². The van der Waals surface area contributed by atoms with Gasteiger partial charge in [0.25, 0.3) is 0 Å². The molecule has 1 aliphatic heterocycles. The van der Waals surface area contributed by atoms with Gasteiger partial charge in [0.1, 0.15) is 6.10 Å². The molecule has 2 atom stereocenters. The van der Waals surface area contributed by atoms with Crippen molar-refractivity contribution in [3.63, 3.8) is 0 Å². The zero-order valence-corrected chi connectivity index (χ0v) is 21.6. The van der Waals surface area contributed by atoms with Crippen LogP contribution >= 0.6 is 0 Å². The van der Waals surface area contributed by atoms with Gasteiger partial charge in [0.15, 0.2) is 0 Å². The molecule has 1 aliphatic carbocycles. The maximum Gasteiger partial charge on any atom is 0.106 e. The van der Waals surface area contributed by atoms with E-state index in [1.807, 2.05) is 0 Å². The Bertz CT molecular complexity index is 809. The lowest BCUT2D eigenvalue weighted by Gasteiger charge is -2.30. The predicted molar refractivity (Wildman–Crippen MR) is 143 cm³/mol. The van der Waals surface area contributed by atoms with Gasteiger partial charge in [-0.05, 0) is 66.2 Å². The molecule has 0 bridgehead atoms. The predicted octanol–water partition coefficient (Wildman–Crippen LogP) is 9.24. The van der Waals surface area contributed by atoms with Gasteiger partial charge in [-0.2, -0.15) is 0 Å². The highest BCUT2D eigenvalue weighted by Crippen LogP contribution is 2.38. The molecule has 0 spiro atoms. The summed E-state index contributed by atoms with van der Waals surface area (Å²) in [5, 5.41) is 0. The van der Waals surface area contributed by atoms with Crippen molar-refractivity contribution < 1.29 is 9.47 Å². The maximum atomic E-state index is 6.17. The second-order valence-corrected chi connectivity index (χ2v) is 10.7. The average molecular weight is 463 g/mol. The van der Waals surface area contributed by atoms with Crippen molar-refractivity contribution in [2.45, 2.75) is 109 Å². The minimum atomic E-state index is 0.0655. The summed E-state index contributed by atoms with van der Waals surface area (Å²) >= 11 is 0. The number of benzene rings is 2. The van der Waals surface area contributed by atoms with E-state index >= 15 is 0 Å². The monoisotopic (exact) mass is 462 g/mol. The summed E-state index contributed by atoms with van der Waals surface area (Å²) in [5.74, 6) is 1.73. The van der Waals surface area contributed by atoms with E-state index in [9.17, 15) is 0 Å². The van der Waals surface area contributed by atoms with Gasteiger partial charge in [-0.15, -0.1) is 0 Å². The van der Waals surface area contributed by atoms with E-state index in [0.29, 0.717) is 6.61 Å². The Morgan fingerprint density at radius 3 is 1.85 bits per heavy atom. The molecule has 0 aromatic heterocycles. The molecule has 1 heterocycles. The van der Waals surface area contributed by atoms with Gasteiger partial charge in [-0.3, -0.25) is 0 Å². The highest BCUT2D eigenvalue weighted by atomic mass is 16.6. The number of unbranched alkanes of at least 4 members (excludes halogenated alkanes) is 4. The number of ether oxygens (including phenoxy) is 2. The number of rotatable bonds is 11. The second kappa shape index (κ2) is 13.4. The van der Waals surface area contributed by atoms with Crippen LogP contribution in [0.2, 0.25) is 0 Å². The summed E-state index contributed by atoms with van der Waals surface area (Å²) in [7, 11) is 0. The Hall–Kier alpha value is -1.64. The quantitative estimate of drug-likeness (QED) is 0.310. The first kappa shape index (κ1) is 25.5. The van der Waals surface area contributed by atoms with E-state index in [1.54, 1.807) is 0 Å². The zero-order chi connectivity index (χ0) is 23.6. The van der Waals surface area contributed by atoms with Crippen LogP contribution in [0.4, 0.5) is 0 Å². The minimum Gasteiger partial charge on any atom is -0.373 e. The van der Waals surface area contributed by atoms with Gasteiger partial charge in [0.2, 0.25) is 0 Å².